The lowest BCUT2D eigenvalue weighted by Crippen LogP contribution is -2.59. The molecule has 0 amide bonds. The molecule has 3 rings (SSSR count). The Bertz CT molecular complexity index is 773. The largest absolute Gasteiger partial charge is 0.493 e. The van der Waals surface area contributed by atoms with Gasteiger partial charge in [-0.3, -0.25) is 0 Å². The van der Waals surface area contributed by atoms with Crippen molar-refractivity contribution in [2.45, 2.75) is 128 Å². The van der Waals surface area contributed by atoms with Crippen LogP contribution in [0.2, 0.25) is 0 Å². The molecule has 1 unspecified atom stereocenters. The summed E-state index contributed by atoms with van der Waals surface area (Å²) in [6.45, 7) is 20.7. The Morgan fingerprint density at radius 1 is 0.622 bits per heavy atom. The number of piperidine rings is 2. The Balaban J connectivity index is 1.34. The predicted molar refractivity (Wildman–Crippen MR) is 157 cm³/mol. The highest BCUT2D eigenvalue weighted by Crippen LogP contribution is 2.31. The van der Waals surface area contributed by atoms with Crippen molar-refractivity contribution in [3.63, 3.8) is 0 Å². The first-order chi connectivity index (χ1) is 17.1. The van der Waals surface area contributed by atoms with E-state index in [4.69, 9.17) is 18.9 Å². The number of ether oxygens (including phenoxy) is 4. The van der Waals surface area contributed by atoms with Crippen molar-refractivity contribution in [1.82, 2.24) is 10.6 Å². The van der Waals surface area contributed by atoms with Gasteiger partial charge in [0.25, 0.3) is 0 Å². The fourth-order valence-electron chi connectivity index (χ4n) is 6.45. The smallest absolute Gasteiger partial charge is 0.123 e. The summed E-state index contributed by atoms with van der Waals surface area (Å²) in [5.74, 6) is 1.67. The highest BCUT2D eigenvalue weighted by molar-refractivity contribution is 7.27. The van der Waals surface area contributed by atoms with E-state index in [0.717, 1.165) is 55.3 Å². The normalized spacial score (nSPS) is 23.1. The molecule has 0 saturated carbocycles. The summed E-state index contributed by atoms with van der Waals surface area (Å²) < 4.78 is 24.5. The van der Waals surface area contributed by atoms with Crippen LogP contribution in [0.15, 0.2) is 18.2 Å². The van der Waals surface area contributed by atoms with Crippen LogP contribution in [0.1, 0.15) is 93.9 Å². The standard InChI is InChI=1S/C30H53N2O4P/c1-27(2)18-24(19-28(3,4)31-27)35-13-9-11-33-22-15-23(17-26(37)16-22)34-12-10-14-36-25-20-29(5,6)32-30(7,8)21-25/h15-17,24-25,31-32H,9-14,18-21,37H2,1-8H3. The summed E-state index contributed by atoms with van der Waals surface area (Å²) >= 11 is 0. The summed E-state index contributed by atoms with van der Waals surface area (Å²) in [5, 5.41) is 8.47. The van der Waals surface area contributed by atoms with E-state index < -0.39 is 0 Å². The molecule has 0 aromatic heterocycles. The maximum atomic E-state index is 6.22. The molecule has 212 valence electrons. The summed E-state index contributed by atoms with van der Waals surface area (Å²) in [6, 6.07) is 6.03. The van der Waals surface area contributed by atoms with Crippen LogP contribution in [0.4, 0.5) is 0 Å². The van der Waals surface area contributed by atoms with Crippen molar-refractivity contribution >= 4 is 14.5 Å². The van der Waals surface area contributed by atoms with E-state index in [9.17, 15) is 0 Å². The highest BCUT2D eigenvalue weighted by atomic mass is 31.0. The molecule has 1 atom stereocenters. The number of hydrogen-bond donors (Lipinski definition) is 2. The second-order valence-electron chi connectivity index (χ2n) is 13.7. The highest BCUT2D eigenvalue weighted by Gasteiger charge is 2.39. The van der Waals surface area contributed by atoms with Crippen molar-refractivity contribution < 1.29 is 18.9 Å². The number of benzene rings is 1. The lowest BCUT2D eigenvalue weighted by Gasteiger charge is -2.46. The average Bonchev–Trinajstić information content (AvgIpc) is 2.68. The maximum Gasteiger partial charge on any atom is 0.123 e. The first-order valence-electron chi connectivity index (χ1n) is 14.1. The van der Waals surface area contributed by atoms with Gasteiger partial charge in [0.05, 0.1) is 38.6 Å². The van der Waals surface area contributed by atoms with Crippen LogP contribution in [-0.2, 0) is 9.47 Å². The molecule has 2 heterocycles. The van der Waals surface area contributed by atoms with Crippen LogP contribution >= 0.6 is 9.24 Å². The summed E-state index contributed by atoms with van der Waals surface area (Å²) in [6.07, 6.45) is 6.44. The zero-order valence-corrected chi connectivity index (χ0v) is 25.8. The van der Waals surface area contributed by atoms with Gasteiger partial charge in [0.1, 0.15) is 11.5 Å². The number of rotatable bonds is 12. The van der Waals surface area contributed by atoms with Crippen molar-refractivity contribution in [1.29, 1.82) is 0 Å². The molecule has 6 nitrogen and oxygen atoms in total. The van der Waals surface area contributed by atoms with Gasteiger partial charge in [0.2, 0.25) is 0 Å². The van der Waals surface area contributed by atoms with Gasteiger partial charge < -0.3 is 29.6 Å². The number of nitrogens with one attached hydrogen (secondary N) is 2. The Labute approximate surface area is 228 Å². The molecule has 2 fully saturated rings. The van der Waals surface area contributed by atoms with Gasteiger partial charge in [-0.2, -0.15) is 0 Å². The minimum absolute atomic E-state index is 0.103. The van der Waals surface area contributed by atoms with Gasteiger partial charge in [0, 0.05) is 41.1 Å². The minimum Gasteiger partial charge on any atom is -0.493 e. The van der Waals surface area contributed by atoms with Crippen LogP contribution in [0.3, 0.4) is 0 Å². The summed E-state index contributed by atoms with van der Waals surface area (Å²) in [5.41, 5.74) is 0.412. The van der Waals surface area contributed by atoms with Crippen molar-refractivity contribution in [2.75, 3.05) is 26.4 Å². The molecule has 0 aliphatic carbocycles. The van der Waals surface area contributed by atoms with E-state index in [1.165, 1.54) is 0 Å². The zero-order chi connectivity index (χ0) is 27.3. The Kier molecular flexibility index (Phi) is 10.4. The van der Waals surface area contributed by atoms with Crippen molar-refractivity contribution in [3.05, 3.63) is 18.2 Å². The van der Waals surface area contributed by atoms with Gasteiger partial charge in [0.15, 0.2) is 0 Å². The van der Waals surface area contributed by atoms with Gasteiger partial charge >= 0.3 is 0 Å². The minimum atomic E-state index is 0.103. The van der Waals surface area contributed by atoms with E-state index in [2.05, 4.69) is 75.3 Å². The molecular weight excluding hydrogens is 483 g/mol. The fourth-order valence-corrected chi connectivity index (χ4v) is 6.78. The third-order valence-electron chi connectivity index (χ3n) is 7.03. The van der Waals surface area contributed by atoms with Gasteiger partial charge in [-0.25, -0.2) is 0 Å². The van der Waals surface area contributed by atoms with Crippen molar-refractivity contribution in [3.8, 4) is 11.5 Å². The summed E-state index contributed by atoms with van der Waals surface area (Å²) in [4.78, 5) is 0. The monoisotopic (exact) mass is 536 g/mol. The van der Waals surface area contributed by atoms with E-state index in [1.54, 1.807) is 0 Å². The van der Waals surface area contributed by atoms with Crippen LogP contribution in [0.25, 0.3) is 0 Å². The van der Waals surface area contributed by atoms with E-state index in [0.29, 0.717) is 38.6 Å². The molecule has 2 aliphatic rings. The van der Waals surface area contributed by atoms with Crippen LogP contribution in [-0.4, -0.2) is 60.8 Å². The summed E-state index contributed by atoms with van der Waals surface area (Å²) in [7, 11) is 2.75. The molecule has 37 heavy (non-hydrogen) atoms. The molecule has 1 aromatic carbocycles. The Morgan fingerprint density at radius 3 is 1.32 bits per heavy atom. The second-order valence-corrected chi connectivity index (χ2v) is 14.4. The lowest BCUT2D eigenvalue weighted by atomic mass is 9.81. The molecule has 7 heteroatoms. The lowest BCUT2D eigenvalue weighted by molar-refractivity contribution is -0.0250. The SMILES string of the molecule is CC1(C)CC(OCCCOc2cc(P)cc(OCCCOC3CC(C)(C)NC(C)(C)C3)c2)CC(C)(C)N1. The molecule has 1 aromatic rings. The van der Waals surface area contributed by atoms with Gasteiger partial charge in [-0.05, 0) is 98.5 Å². The van der Waals surface area contributed by atoms with E-state index >= 15 is 0 Å². The first-order valence-corrected chi connectivity index (χ1v) is 14.7. The molecule has 2 saturated heterocycles. The average molecular weight is 537 g/mol. The van der Waals surface area contributed by atoms with Gasteiger partial charge in [-0.1, -0.05) is 0 Å². The predicted octanol–water partition coefficient (Wildman–Crippen LogP) is 5.38. The second kappa shape index (κ2) is 12.5. The topological polar surface area (TPSA) is 61.0 Å². The molecule has 0 bridgehead atoms. The number of hydrogen-bond acceptors (Lipinski definition) is 6. The van der Waals surface area contributed by atoms with Crippen molar-refractivity contribution in [2.24, 2.45) is 0 Å². The molecular formula is C30H53N2O4P. The van der Waals surface area contributed by atoms with Crippen LogP contribution in [0, 0.1) is 0 Å². The first kappa shape index (κ1) is 30.6. The molecule has 2 N–H and O–H groups in total. The van der Waals surface area contributed by atoms with Gasteiger partial charge in [-0.15, -0.1) is 9.24 Å². The maximum absolute atomic E-state index is 6.22. The van der Waals surface area contributed by atoms with E-state index in [1.807, 2.05) is 18.2 Å². The quantitative estimate of drug-likeness (QED) is 0.276. The van der Waals surface area contributed by atoms with Crippen LogP contribution in [0.5, 0.6) is 11.5 Å². The molecule has 2 aliphatic heterocycles. The Hall–Kier alpha value is -0.910. The molecule has 0 radical (unpaired) electrons. The fraction of sp³-hybridized carbons (Fsp3) is 0.800. The van der Waals surface area contributed by atoms with Crippen LogP contribution < -0.4 is 25.4 Å². The zero-order valence-electron chi connectivity index (χ0n) is 24.7. The molecule has 0 spiro atoms. The van der Waals surface area contributed by atoms with E-state index in [-0.39, 0.29) is 22.2 Å². The third-order valence-corrected chi connectivity index (χ3v) is 7.36. The third kappa shape index (κ3) is 11.0. The Morgan fingerprint density at radius 2 is 0.973 bits per heavy atom.